The van der Waals surface area contributed by atoms with Crippen molar-refractivity contribution < 1.29 is 9.90 Å². The van der Waals surface area contributed by atoms with Crippen LogP contribution in [0.25, 0.3) is 0 Å². The van der Waals surface area contributed by atoms with Crippen LogP contribution >= 0.6 is 0 Å². The van der Waals surface area contributed by atoms with Crippen LogP contribution in [0, 0.1) is 0 Å². The molecule has 4 heteroatoms. The van der Waals surface area contributed by atoms with Crippen LogP contribution in [0.15, 0.2) is 24.4 Å². The number of hydrogen-bond donors (Lipinski definition) is 2. The van der Waals surface area contributed by atoms with Crippen LogP contribution in [0.2, 0.25) is 0 Å². The second-order valence-corrected chi connectivity index (χ2v) is 2.70. The number of hydrogen-bond acceptors (Lipinski definition) is 3. The van der Waals surface area contributed by atoms with Crippen molar-refractivity contribution in [3.8, 4) is 0 Å². The molecule has 0 bridgehead atoms. The molecule has 0 aliphatic rings. The zero-order valence-electron chi connectivity index (χ0n) is 7.40. The Morgan fingerprint density at radius 2 is 2.46 bits per heavy atom. The highest BCUT2D eigenvalue weighted by molar-refractivity contribution is 5.73. The lowest BCUT2D eigenvalue weighted by atomic mass is 10.1. The van der Waals surface area contributed by atoms with E-state index in [0.29, 0.717) is 6.42 Å². The van der Waals surface area contributed by atoms with Crippen molar-refractivity contribution in [2.24, 2.45) is 0 Å². The van der Waals surface area contributed by atoms with E-state index in [2.05, 4.69) is 10.3 Å². The van der Waals surface area contributed by atoms with Crippen molar-refractivity contribution in [1.82, 2.24) is 10.3 Å². The number of aliphatic carboxylic acids is 1. The minimum atomic E-state index is -0.854. The maximum Gasteiger partial charge on any atom is 0.321 e. The summed E-state index contributed by atoms with van der Waals surface area (Å²) >= 11 is 0. The minimum absolute atomic E-state index is 0.409. The van der Waals surface area contributed by atoms with Crippen LogP contribution in [-0.4, -0.2) is 29.1 Å². The Morgan fingerprint density at radius 1 is 1.69 bits per heavy atom. The third kappa shape index (κ3) is 2.83. The van der Waals surface area contributed by atoms with Gasteiger partial charge in [0.05, 0.1) is 0 Å². The van der Waals surface area contributed by atoms with Crippen LogP contribution in [0.3, 0.4) is 0 Å². The third-order valence-corrected chi connectivity index (χ3v) is 1.79. The molecule has 70 valence electrons. The van der Waals surface area contributed by atoms with Crippen molar-refractivity contribution in [1.29, 1.82) is 0 Å². The van der Waals surface area contributed by atoms with E-state index < -0.39 is 12.0 Å². The Labute approximate surface area is 76.6 Å². The van der Waals surface area contributed by atoms with Gasteiger partial charge in [0.1, 0.15) is 6.04 Å². The van der Waals surface area contributed by atoms with Gasteiger partial charge in [0.25, 0.3) is 0 Å². The van der Waals surface area contributed by atoms with Gasteiger partial charge in [-0.3, -0.25) is 9.78 Å². The highest BCUT2D eigenvalue weighted by Gasteiger charge is 2.15. The van der Waals surface area contributed by atoms with Gasteiger partial charge in [-0.2, -0.15) is 0 Å². The van der Waals surface area contributed by atoms with Gasteiger partial charge < -0.3 is 10.4 Å². The molecule has 0 saturated heterocycles. The molecule has 2 N–H and O–H groups in total. The summed E-state index contributed by atoms with van der Waals surface area (Å²) < 4.78 is 0. The van der Waals surface area contributed by atoms with Crippen LogP contribution in [0.4, 0.5) is 0 Å². The second-order valence-electron chi connectivity index (χ2n) is 2.70. The molecule has 1 heterocycles. The number of nitrogens with zero attached hydrogens (tertiary/aromatic N) is 1. The van der Waals surface area contributed by atoms with Crippen LogP contribution < -0.4 is 5.32 Å². The predicted molar refractivity (Wildman–Crippen MR) is 48.4 cm³/mol. The van der Waals surface area contributed by atoms with E-state index in [1.54, 1.807) is 19.3 Å². The Kier molecular flexibility index (Phi) is 3.40. The zero-order chi connectivity index (χ0) is 9.68. The van der Waals surface area contributed by atoms with E-state index in [-0.39, 0.29) is 0 Å². The summed E-state index contributed by atoms with van der Waals surface area (Å²) in [5, 5.41) is 11.5. The first kappa shape index (κ1) is 9.67. The molecule has 0 amide bonds. The number of carboxylic acids is 1. The summed E-state index contributed by atoms with van der Waals surface area (Å²) in [6.45, 7) is 0. The molecule has 0 saturated carbocycles. The number of aromatic nitrogens is 1. The Hall–Kier alpha value is -1.42. The smallest absolute Gasteiger partial charge is 0.321 e. The van der Waals surface area contributed by atoms with Gasteiger partial charge >= 0.3 is 5.97 Å². The van der Waals surface area contributed by atoms with E-state index >= 15 is 0 Å². The summed E-state index contributed by atoms with van der Waals surface area (Å²) in [6, 6.07) is 4.90. The van der Waals surface area contributed by atoms with E-state index in [9.17, 15) is 4.79 Å². The molecule has 0 aromatic carbocycles. The van der Waals surface area contributed by atoms with Gasteiger partial charge in [0.2, 0.25) is 0 Å². The van der Waals surface area contributed by atoms with E-state index in [4.69, 9.17) is 5.11 Å². The van der Waals surface area contributed by atoms with Crippen molar-refractivity contribution >= 4 is 5.97 Å². The monoisotopic (exact) mass is 180 g/mol. The molecule has 1 aromatic rings. The summed E-state index contributed by atoms with van der Waals surface area (Å²) in [6.07, 6.45) is 2.07. The van der Waals surface area contributed by atoms with Crippen LogP contribution in [0.5, 0.6) is 0 Å². The number of rotatable bonds is 4. The fourth-order valence-corrected chi connectivity index (χ4v) is 1.04. The molecule has 0 aliphatic heterocycles. The van der Waals surface area contributed by atoms with Gasteiger partial charge in [-0.15, -0.1) is 0 Å². The Morgan fingerprint density at radius 3 is 2.92 bits per heavy atom. The third-order valence-electron chi connectivity index (χ3n) is 1.79. The number of carbonyl (C=O) groups is 1. The number of pyridine rings is 1. The van der Waals surface area contributed by atoms with E-state index in [1.165, 1.54) is 0 Å². The molecule has 13 heavy (non-hydrogen) atoms. The molecule has 0 spiro atoms. The predicted octanol–water partition coefficient (Wildman–Crippen LogP) is 0.297. The fraction of sp³-hybridized carbons (Fsp3) is 0.333. The van der Waals surface area contributed by atoms with Gasteiger partial charge in [-0.05, 0) is 19.2 Å². The molecular weight excluding hydrogens is 168 g/mol. The molecule has 1 unspecified atom stereocenters. The van der Waals surface area contributed by atoms with Crippen molar-refractivity contribution in [3.05, 3.63) is 30.1 Å². The van der Waals surface area contributed by atoms with E-state index in [0.717, 1.165) is 5.69 Å². The van der Waals surface area contributed by atoms with Gasteiger partial charge in [0, 0.05) is 18.3 Å². The first-order valence-electron chi connectivity index (χ1n) is 4.04. The van der Waals surface area contributed by atoms with Gasteiger partial charge in [-0.25, -0.2) is 0 Å². The first-order chi connectivity index (χ1) is 6.24. The van der Waals surface area contributed by atoms with Crippen molar-refractivity contribution in [2.45, 2.75) is 12.5 Å². The molecule has 0 radical (unpaired) electrons. The van der Waals surface area contributed by atoms with Crippen LogP contribution in [-0.2, 0) is 11.2 Å². The molecule has 1 rings (SSSR count). The zero-order valence-corrected chi connectivity index (χ0v) is 7.40. The lowest BCUT2D eigenvalue weighted by Crippen LogP contribution is -2.35. The molecule has 4 nitrogen and oxygen atoms in total. The Bertz CT molecular complexity index is 274. The molecule has 0 fully saturated rings. The summed E-state index contributed by atoms with van der Waals surface area (Å²) in [5.74, 6) is -0.854. The van der Waals surface area contributed by atoms with Crippen molar-refractivity contribution in [2.75, 3.05) is 7.05 Å². The number of nitrogens with one attached hydrogen (secondary N) is 1. The lowest BCUT2D eigenvalue weighted by Gasteiger charge is -2.09. The van der Waals surface area contributed by atoms with E-state index in [1.807, 2.05) is 12.1 Å². The van der Waals surface area contributed by atoms with Gasteiger partial charge in [0.15, 0.2) is 0 Å². The average Bonchev–Trinajstić information content (AvgIpc) is 2.15. The summed E-state index contributed by atoms with van der Waals surface area (Å²) in [4.78, 5) is 14.7. The largest absolute Gasteiger partial charge is 0.480 e. The highest BCUT2D eigenvalue weighted by Crippen LogP contribution is 1.98. The maximum atomic E-state index is 10.6. The SMILES string of the molecule is CNC(Cc1ccccn1)C(=O)O. The van der Waals surface area contributed by atoms with Crippen molar-refractivity contribution in [3.63, 3.8) is 0 Å². The Balaban J connectivity index is 2.62. The lowest BCUT2D eigenvalue weighted by molar-refractivity contribution is -0.139. The number of likely N-dealkylation sites (N-methyl/N-ethyl adjacent to an activating group) is 1. The maximum absolute atomic E-state index is 10.6. The number of carboxylic acid groups (broad SMARTS) is 1. The second kappa shape index (κ2) is 4.57. The molecule has 0 aliphatic carbocycles. The fourth-order valence-electron chi connectivity index (χ4n) is 1.04. The summed E-state index contributed by atoms with van der Waals surface area (Å²) in [5.41, 5.74) is 0.782. The normalized spacial score (nSPS) is 12.4. The van der Waals surface area contributed by atoms with Crippen LogP contribution in [0.1, 0.15) is 5.69 Å². The average molecular weight is 180 g/mol. The topological polar surface area (TPSA) is 62.2 Å². The first-order valence-corrected chi connectivity index (χ1v) is 4.04. The minimum Gasteiger partial charge on any atom is -0.480 e. The molecule has 1 aromatic heterocycles. The van der Waals surface area contributed by atoms with Gasteiger partial charge in [-0.1, -0.05) is 6.07 Å². The summed E-state index contributed by atoms with van der Waals surface area (Å²) in [7, 11) is 1.63. The quantitative estimate of drug-likeness (QED) is 0.699. The molecular formula is C9H12N2O2. The standard InChI is InChI=1S/C9H12N2O2/c1-10-8(9(12)13)6-7-4-2-3-5-11-7/h2-5,8,10H,6H2,1H3,(H,12,13). The molecule has 1 atom stereocenters. The highest BCUT2D eigenvalue weighted by atomic mass is 16.4.